The van der Waals surface area contributed by atoms with Crippen LogP contribution >= 0.6 is 0 Å². The Morgan fingerprint density at radius 1 is 1.40 bits per heavy atom. The zero-order valence-corrected chi connectivity index (χ0v) is 12.7. The van der Waals surface area contributed by atoms with Gasteiger partial charge in [-0.05, 0) is 37.8 Å². The van der Waals surface area contributed by atoms with Gasteiger partial charge in [0.15, 0.2) is 5.78 Å². The van der Waals surface area contributed by atoms with E-state index in [2.05, 4.69) is 18.7 Å². The van der Waals surface area contributed by atoms with Crippen LogP contribution in [0.2, 0.25) is 0 Å². The average molecular weight is 275 g/mol. The molecule has 1 saturated heterocycles. The van der Waals surface area contributed by atoms with E-state index in [0.29, 0.717) is 5.92 Å². The molecule has 0 amide bonds. The number of ketones is 1. The van der Waals surface area contributed by atoms with E-state index in [0.717, 1.165) is 24.9 Å². The molecule has 1 aliphatic heterocycles. The summed E-state index contributed by atoms with van der Waals surface area (Å²) in [5.74, 6) is 0.609. The number of likely N-dealkylation sites (tertiary alicyclic amines) is 1. The number of aliphatic hydroxyl groups excluding tert-OH is 1. The van der Waals surface area contributed by atoms with Gasteiger partial charge >= 0.3 is 0 Å². The number of aliphatic hydroxyl groups is 1. The van der Waals surface area contributed by atoms with E-state index in [9.17, 15) is 9.90 Å². The van der Waals surface area contributed by atoms with Crippen molar-refractivity contribution in [2.75, 3.05) is 13.2 Å². The second-order valence-corrected chi connectivity index (χ2v) is 5.84. The van der Waals surface area contributed by atoms with Crippen LogP contribution in [-0.2, 0) is 6.42 Å². The van der Waals surface area contributed by atoms with Crippen LogP contribution in [0.15, 0.2) is 24.3 Å². The van der Waals surface area contributed by atoms with Gasteiger partial charge in [-0.25, -0.2) is 0 Å². The molecule has 20 heavy (non-hydrogen) atoms. The second-order valence-electron chi connectivity index (χ2n) is 5.84. The Balaban J connectivity index is 2.11. The summed E-state index contributed by atoms with van der Waals surface area (Å²) in [6.07, 6.45) is 2.04. The summed E-state index contributed by atoms with van der Waals surface area (Å²) < 4.78 is 0. The third-order valence-corrected chi connectivity index (χ3v) is 4.64. The molecule has 0 radical (unpaired) electrons. The van der Waals surface area contributed by atoms with Crippen LogP contribution in [0.3, 0.4) is 0 Å². The van der Waals surface area contributed by atoms with Crippen molar-refractivity contribution in [1.82, 2.24) is 4.90 Å². The van der Waals surface area contributed by atoms with Crippen molar-refractivity contribution in [1.29, 1.82) is 0 Å². The summed E-state index contributed by atoms with van der Waals surface area (Å²) in [6.45, 7) is 7.24. The minimum atomic E-state index is -0.162. The average Bonchev–Trinajstić information content (AvgIpc) is 2.86. The van der Waals surface area contributed by atoms with Gasteiger partial charge < -0.3 is 5.11 Å². The van der Waals surface area contributed by atoms with E-state index in [-0.39, 0.29) is 24.5 Å². The Morgan fingerprint density at radius 2 is 2.05 bits per heavy atom. The Kier molecular flexibility index (Phi) is 4.95. The monoisotopic (exact) mass is 275 g/mol. The highest BCUT2D eigenvalue weighted by Gasteiger charge is 2.36. The largest absolute Gasteiger partial charge is 0.395 e. The molecule has 3 unspecified atom stereocenters. The van der Waals surface area contributed by atoms with E-state index >= 15 is 0 Å². The summed E-state index contributed by atoms with van der Waals surface area (Å²) in [6, 6.07) is 7.84. The molecule has 3 heteroatoms. The molecular formula is C17H25NO2. The molecule has 110 valence electrons. The zero-order chi connectivity index (χ0) is 14.7. The van der Waals surface area contributed by atoms with E-state index in [1.165, 1.54) is 5.56 Å². The quantitative estimate of drug-likeness (QED) is 0.840. The number of hydrogen-bond donors (Lipinski definition) is 1. The smallest absolute Gasteiger partial charge is 0.179 e. The number of Topliss-reactive ketones (excluding diaryl/α,β-unsaturated/α-hetero) is 1. The van der Waals surface area contributed by atoms with E-state index < -0.39 is 0 Å². The van der Waals surface area contributed by atoms with Gasteiger partial charge in [0.2, 0.25) is 0 Å². The SMILES string of the molecule is CCc1ccc(C(=O)C(C)N2CCC(C)C2CO)cc1. The first-order valence-electron chi connectivity index (χ1n) is 7.58. The number of nitrogens with zero attached hydrogens (tertiary/aromatic N) is 1. The molecule has 0 bridgehead atoms. The summed E-state index contributed by atoms with van der Waals surface area (Å²) >= 11 is 0. The molecular weight excluding hydrogens is 250 g/mol. The number of carbonyl (C=O) groups is 1. The van der Waals surface area contributed by atoms with Crippen molar-refractivity contribution in [2.45, 2.75) is 45.7 Å². The molecule has 0 aliphatic carbocycles. The number of rotatable bonds is 5. The third-order valence-electron chi connectivity index (χ3n) is 4.64. The van der Waals surface area contributed by atoms with Gasteiger partial charge in [0.25, 0.3) is 0 Å². The maximum atomic E-state index is 12.6. The predicted octanol–water partition coefficient (Wildman–Crippen LogP) is 2.52. The van der Waals surface area contributed by atoms with Crippen molar-refractivity contribution in [3.63, 3.8) is 0 Å². The molecule has 1 N–H and O–H groups in total. The predicted molar refractivity (Wildman–Crippen MR) is 81.0 cm³/mol. The molecule has 1 fully saturated rings. The number of aryl methyl sites for hydroxylation is 1. The van der Waals surface area contributed by atoms with Crippen molar-refractivity contribution in [3.05, 3.63) is 35.4 Å². The van der Waals surface area contributed by atoms with Crippen molar-refractivity contribution >= 4 is 5.78 Å². The summed E-state index contributed by atoms with van der Waals surface area (Å²) in [4.78, 5) is 14.7. The highest BCUT2D eigenvalue weighted by Crippen LogP contribution is 2.26. The molecule has 2 rings (SSSR count). The lowest BCUT2D eigenvalue weighted by Gasteiger charge is -2.30. The van der Waals surface area contributed by atoms with Crippen LogP contribution < -0.4 is 0 Å². The zero-order valence-electron chi connectivity index (χ0n) is 12.7. The molecule has 1 aliphatic rings. The van der Waals surface area contributed by atoms with Crippen LogP contribution in [-0.4, -0.2) is 41.0 Å². The lowest BCUT2D eigenvalue weighted by Crippen LogP contribution is -2.45. The van der Waals surface area contributed by atoms with Crippen molar-refractivity contribution < 1.29 is 9.90 Å². The fourth-order valence-corrected chi connectivity index (χ4v) is 3.10. The minimum Gasteiger partial charge on any atom is -0.395 e. The van der Waals surface area contributed by atoms with Crippen LogP contribution in [0, 0.1) is 5.92 Å². The Morgan fingerprint density at radius 3 is 2.60 bits per heavy atom. The summed E-state index contributed by atoms with van der Waals surface area (Å²) in [7, 11) is 0. The van der Waals surface area contributed by atoms with Gasteiger partial charge in [-0.15, -0.1) is 0 Å². The summed E-state index contributed by atoms with van der Waals surface area (Å²) in [5.41, 5.74) is 2.02. The molecule has 1 heterocycles. The molecule has 1 aromatic carbocycles. The van der Waals surface area contributed by atoms with E-state index in [1.54, 1.807) is 0 Å². The van der Waals surface area contributed by atoms with Gasteiger partial charge in [0.1, 0.15) is 0 Å². The minimum absolute atomic E-state index is 0.115. The normalized spacial score (nSPS) is 24.8. The van der Waals surface area contributed by atoms with Gasteiger partial charge in [-0.3, -0.25) is 9.69 Å². The Bertz CT molecular complexity index is 455. The van der Waals surface area contributed by atoms with Gasteiger partial charge in [0.05, 0.1) is 12.6 Å². The number of carbonyl (C=O) groups excluding carboxylic acids is 1. The fraction of sp³-hybridized carbons (Fsp3) is 0.588. The number of benzene rings is 1. The van der Waals surface area contributed by atoms with E-state index in [4.69, 9.17) is 0 Å². The number of hydrogen-bond acceptors (Lipinski definition) is 3. The molecule has 1 aromatic rings. The molecule has 3 atom stereocenters. The molecule has 0 saturated carbocycles. The lowest BCUT2D eigenvalue weighted by molar-refractivity contribution is 0.0720. The maximum Gasteiger partial charge on any atom is 0.179 e. The van der Waals surface area contributed by atoms with Gasteiger partial charge in [-0.2, -0.15) is 0 Å². The third kappa shape index (κ3) is 2.94. The first-order valence-corrected chi connectivity index (χ1v) is 7.58. The first-order chi connectivity index (χ1) is 9.58. The Hall–Kier alpha value is -1.19. The molecule has 0 spiro atoms. The van der Waals surface area contributed by atoms with Gasteiger partial charge in [-0.1, -0.05) is 38.1 Å². The van der Waals surface area contributed by atoms with Crippen molar-refractivity contribution in [3.8, 4) is 0 Å². The van der Waals surface area contributed by atoms with Gasteiger partial charge in [0, 0.05) is 11.6 Å². The van der Waals surface area contributed by atoms with Crippen LogP contribution in [0.5, 0.6) is 0 Å². The standard InChI is InChI=1S/C17H25NO2/c1-4-14-5-7-15(8-6-14)17(20)13(3)18-10-9-12(2)16(18)11-19/h5-8,12-13,16,19H,4,9-11H2,1-3H3. The van der Waals surface area contributed by atoms with E-state index in [1.807, 2.05) is 31.2 Å². The van der Waals surface area contributed by atoms with Crippen LogP contribution in [0.1, 0.15) is 43.1 Å². The van der Waals surface area contributed by atoms with Crippen LogP contribution in [0.4, 0.5) is 0 Å². The first kappa shape index (κ1) is 15.2. The fourth-order valence-electron chi connectivity index (χ4n) is 3.10. The highest BCUT2D eigenvalue weighted by molar-refractivity contribution is 5.99. The van der Waals surface area contributed by atoms with Crippen LogP contribution in [0.25, 0.3) is 0 Å². The second kappa shape index (κ2) is 6.51. The Labute approximate surface area is 121 Å². The lowest BCUT2D eigenvalue weighted by atomic mass is 10.00. The van der Waals surface area contributed by atoms with Crippen molar-refractivity contribution in [2.24, 2.45) is 5.92 Å². The molecule has 3 nitrogen and oxygen atoms in total. The topological polar surface area (TPSA) is 40.5 Å². The maximum absolute atomic E-state index is 12.6. The molecule has 0 aromatic heterocycles. The summed E-state index contributed by atoms with van der Waals surface area (Å²) in [5, 5.41) is 9.52. The highest BCUT2D eigenvalue weighted by atomic mass is 16.3.